The number of piperidine rings is 1. The van der Waals surface area contributed by atoms with E-state index in [1.165, 1.54) is 0 Å². The number of likely N-dealkylation sites (N-methyl/N-ethyl adjacent to an activating group) is 2. The summed E-state index contributed by atoms with van der Waals surface area (Å²) in [5.74, 6) is 0.642. The van der Waals surface area contributed by atoms with Gasteiger partial charge in [0.15, 0.2) is 0 Å². The molecule has 1 rings (SSSR count). The van der Waals surface area contributed by atoms with Crippen LogP contribution in [0.3, 0.4) is 0 Å². The normalized spacial score (nSPS) is 43.0. The van der Waals surface area contributed by atoms with E-state index in [9.17, 15) is 0 Å². The second-order valence-electron chi connectivity index (χ2n) is 3.71. The largest absolute Gasteiger partial charge is 0.315 e. The Morgan fingerprint density at radius 3 is 2.08 bits per heavy atom. The van der Waals surface area contributed by atoms with Crippen molar-refractivity contribution in [2.45, 2.75) is 32.0 Å². The molecule has 1 radical (unpaired) electrons. The van der Waals surface area contributed by atoms with Crippen LogP contribution in [0.25, 0.3) is 0 Å². The maximum absolute atomic E-state index is 4.56. The quantitative estimate of drug-likeness (QED) is 0.602. The highest BCUT2D eigenvalue weighted by atomic mass is 15.1. The molecule has 1 heterocycles. The van der Waals surface area contributed by atoms with Gasteiger partial charge in [0.2, 0.25) is 0 Å². The van der Waals surface area contributed by atoms with Gasteiger partial charge in [-0.3, -0.25) is 0 Å². The van der Waals surface area contributed by atoms with Gasteiger partial charge in [-0.2, -0.15) is 0 Å². The van der Waals surface area contributed by atoms with Gasteiger partial charge in [-0.1, -0.05) is 6.92 Å². The van der Waals surface area contributed by atoms with Gasteiger partial charge in [0.1, 0.15) is 0 Å². The lowest BCUT2D eigenvalue weighted by atomic mass is 9.86. The third kappa shape index (κ3) is 1.79. The Balaban J connectivity index is 2.61. The molecule has 1 aliphatic heterocycles. The van der Waals surface area contributed by atoms with Crippen molar-refractivity contribution < 1.29 is 0 Å². The molecule has 0 aliphatic carbocycles. The lowest BCUT2D eigenvalue weighted by Gasteiger charge is -2.40. The predicted molar refractivity (Wildman–Crippen MR) is 51.3 cm³/mol. The highest BCUT2D eigenvalue weighted by Gasteiger charge is 2.33. The fraction of sp³-hybridized carbons (Fsp3) is 1.00. The third-order valence-electron chi connectivity index (χ3n) is 2.87. The summed E-state index contributed by atoms with van der Waals surface area (Å²) >= 11 is 0. The Morgan fingerprint density at radius 1 is 1.08 bits per heavy atom. The summed E-state index contributed by atoms with van der Waals surface area (Å²) in [6.45, 7) is 5.42. The van der Waals surface area contributed by atoms with Crippen molar-refractivity contribution in [3.63, 3.8) is 0 Å². The molecule has 1 saturated heterocycles. The molecular weight excluding hydrogens is 150 g/mol. The van der Waals surface area contributed by atoms with Gasteiger partial charge in [-0.05, 0) is 26.9 Å². The molecule has 0 saturated carbocycles. The van der Waals surface area contributed by atoms with Crippen LogP contribution in [-0.4, -0.2) is 38.8 Å². The van der Waals surface area contributed by atoms with Crippen LogP contribution >= 0.6 is 0 Å². The van der Waals surface area contributed by atoms with Gasteiger partial charge in [-0.15, -0.1) is 0 Å². The first-order valence-electron chi connectivity index (χ1n) is 4.71. The maximum Gasteiger partial charge on any atom is 0.0389 e. The highest BCUT2D eigenvalue weighted by Crippen LogP contribution is 2.15. The van der Waals surface area contributed by atoms with E-state index in [0.717, 1.165) is 6.54 Å². The minimum Gasteiger partial charge on any atom is -0.315 e. The number of hydrogen-bond acceptors (Lipinski definition) is 2. The number of hydrogen-bond donors (Lipinski definition) is 2. The molecule has 0 amide bonds. The van der Waals surface area contributed by atoms with Crippen molar-refractivity contribution in [2.75, 3.05) is 20.6 Å². The zero-order chi connectivity index (χ0) is 9.14. The summed E-state index contributed by atoms with van der Waals surface area (Å²) < 4.78 is 0. The minimum atomic E-state index is 0.434. The summed E-state index contributed by atoms with van der Waals surface area (Å²) in [6, 6.07) is 1.48. The molecule has 71 valence electrons. The van der Waals surface area contributed by atoms with Gasteiger partial charge in [0.25, 0.3) is 0 Å². The summed E-state index contributed by atoms with van der Waals surface area (Å²) in [6.07, 6.45) is 0. The van der Waals surface area contributed by atoms with Crippen molar-refractivity contribution in [2.24, 2.45) is 5.92 Å². The third-order valence-corrected chi connectivity index (χ3v) is 2.87. The molecule has 0 bridgehead atoms. The molecular formula is C9H20N3. The zero-order valence-electron chi connectivity index (χ0n) is 8.46. The predicted octanol–water partition coefficient (Wildman–Crippen LogP) is -0.195. The van der Waals surface area contributed by atoms with Crippen LogP contribution in [0, 0.1) is 5.92 Å². The molecule has 1 fully saturated rings. The van der Waals surface area contributed by atoms with E-state index < -0.39 is 0 Å². The molecule has 4 atom stereocenters. The van der Waals surface area contributed by atoms with Crippen LogP contribution in [0.15, 0.2) is 0 Å². The zero-order valence-corrected chi connectivity index (χ0v) is 8.46. The van der Waals surface area contributed by atoms with Crippen molar-refractivity contribution in [3.8, 4) is 0 Å². The van der Waals surface area contributed by atoms with Crippen LogP contribution in [0.5, 0.6) is 0 Å². The summed E-state index contributed by atoms with van der Waals surface area (Å²) in [4.78, 5) is 0. The Labute approximate surface area is 75.3 Å². The highest BCUT2D eigenvalue weighted by molar-refractivity contribution is 4.95. The lowest BCUT2D eigenvalue weighted by Crippen LogP contribution is -2.61. The van der Waals surface area contributed by atoms with E-state index in [1.54, 1.807) is 0 Å². The van der Waals surface area contributed by atoms with Gasteiger partial charge >= 0.3 is 0 Å². The van der Waals surface area contributed by atoms with Crippen LogP contribution in [0.2, 0.25) is 0 Å². The fourth-order valence-corrected chi connectivity index (χ4v) is 2.10. The second-order valence-corrected chi connectivity index (χ2v) is 3.71. The molecule has 3 unspecified atom stereocenters. The molecule has 0 aromatic carbocycles. The van der Waals surface area contributed by atoms with Crippen LogP contribution < -0.4 is 16.0 Å². The first kappa shape index (κ1) is 9.96. The molecule has 2 N–H and O–H groups in total. The van der Waals surface area contributed by atoms with Crippen molar-refractivity contribution in [1.82, 2.24) is 16.0 Å². The van der Waals surface area contributed by atoms with E-state index in [4.69, 9.17) is 0 Å². The Kier molecular flexibility index (Phi) is 3.50. The van der Waals surface area contributed by atoms with Gasteiger partial charge < -0.3 is 10.6 Å². The number of nitrogens with one attached hydrogen (secondary N) is 2. The smallest absolute Gasteiger partial charge is 0.0389 e. The fourth-order valence-electron chi connectivity index (χ4n) is 2.10. The maximum atomic E-state index is 4.56. The summed E-state index contributed by atoms with van der Waals surface area (Å²) in [7, 11) is 4.04. The van der Waals surface area contributed by atoms with Crippen LogP contribution in [0.4, 0.5) is 0 Å². The standard InChI is InChI=1S/C9H20N3/c1-6-5-12-7(2)9(11-4)8(6)10-3/h6-11H,5H2,1-4H3/t6?,7?,8?,9-/m1/s1. The van der Waals surface area contributed by atoms with E-state index >= 15 is 0 Å². The molecule has 0 aromatic heterocycles. The number of nitrogens with zero attached hydrogens (tertiary/aromatic N) is 1. The Morgan fingerprint density at radius 2 is 1.67 bits per heavy atom. The van der Waals surface area contributed by atoms with Gasteiger partial charge in [0.05, 0.1) is 0 Å². The minimum absolute atomic E-state index is 0.434. The molecule has 12 heavy (non-hydrogen) atoms. The topological polar surface area (TPSA) is 38.2 Å². The van der Waals surface area contributed by atoms with Crippen molar-refractivity contribution in [3.05, 3.63) is 0 Å². The van der Waals surface area contributed by atoms with E-state index in [2.05, 4.69) is 29.8 Å². The van der Waals surface area contributed by atoms with Crippen LogP contribution in [-0.2, 0) is 0 Å². The van der Waals surface area contributed by atoms with Gasteiger partial charge in [-0.25, -0.2) is 5.32 Å². The molecule has 3 heteroatoms. The summed E-state index contributed by atoms with van der Waals surface area (Å²) in [5.41, 5.74) is 0. The number of rotatable bonds is 2. The molecule has 3 nitrogen and oxygen atoms in total. The van der Waals surface area contributed by atoms with Gasteiger partial charge in [0, 0.05) is 24.7 Å². The Hall–Kier alpha value is -0.120. The first-order chi connectivity index (χ1) is 5.70. The van der Waals surface area contributed by atoms with Crippen LogP contribution in [0.1, 0.15) is 13.8 Å². The average Bonchev–Trinajstić information content (AvgIpc) is 2.08. The average molecular weight is 170 g/mol. The van der Waals surface area contributed by atoms with Crippen molar-refractivity contribution in [1.29, 1.82) is 0 Å². The van der Waals surface area contributed by atoms with E-state index in [0.29, 0.717) is 24.0 Å². The summed E-state index contributed by atoms with van der Waals surface area (Å²) in [5, 5.41) is 11.3. The molecule has 0 aromatic rings. The monoisotopic (exact) mass is 170 g/mol. The SMILES string of the molecule is CNC1C(C)C[N]C(C)[C@H]1NC. The second kappa shape index (κ2) is 4.21. The molecule has 1 aliphatic rings. The lowest BCUT2D eigenvalue weighted by molar-refractivity contribution is 0.203. The molecule has 0 spiro atoms. The Bertz CT molecular complexity index is 122. The van der Waals surface area contributed by atoms with E-state index in [1.807, 2.05) is 14.1 Å². The first-order valence-corrected chi connectivity index (χ1v) is 4.71. The van der Waals surface area contributed by atoms with E-state index in [-0.39, 0.29) is 0 Å². The van der Waals surface area contributed by atoms with Crippen molar-refractivity contribution >= 4 is 0 Å².